The van der Waals surface area contributed by atoms with E-state index in [0.29, 0.717) is 44.5 Å². The highest BCUT2D eigenvalue weighted by atomic mass is 35.5. The van der Waals surface area contributed by atoms with E-state index in [1.54, 1.807) is 41.8 Å². The van der Waals surface area contributed by atoms with E-state index < -0.39 is 18.1 Å². The highest BCUT2D eigenvalue weighted by molar-refractivity contribution is 5.86. The molecule has 3 rings (SSSR count). The van der Waals surface area contributed by atoms with Crippen LogP contribution in [0, 0.1) is 0 Å². The van der Waals surface area contributed by atoms with Crippen molar-refractivity contribution in [3.8, 4) is 0 Å². The fraction of sp³-hybridized carbons (Fsp3) is 0.500. The molecule has 0 radical (unpaired) electrons. The van der Waals surface area contributed by atoms with Gasteiger partial charge < -0.3 is 9.64 Å². The van der Waals surface area contributed by atoms with Gasteiger partial charge in [-0.05, 0) is 68.9 Å². The quantitative estimate of drug-likeness (QED) is 0.343. The molecular formula is C28H39Cl2N5O5. The number of pyridine rings is 2. The van der Waals surface area contributed by atoms with Crippen LogP contribution in [0.25, 0.3) is 0 Å². The van der Waals surface area contributed by atoms with Crippen molar-refractivity contribution < 1.29 is 23.9 Å². The molecule has 1 aliphatic heterocycles. The first-order chi connectivity index (χ1) is 18.3. The largest absolute Gasteiger partial charge is 0.455 e. The summed E-state index contributed by atoms with van der Waals surface area (Å²) in [6, 6.07) is 7.29. The number of nitrogens with zero attached hydrogens (tertiary/aromatic N) is 5. The zero-order chi connectivity index (χ0) is 27.5. The van der Waals surface area contributed by atoms with Crippen LogP contribution < -0.4 is 0 Å². The van der Waals surface area contributed by atoms with Crippen molar-refractivity contribution in [2.24, 2.45) is 0 Å². The summed E-state index contributed by atoms with van der Waals surface area (Å²) in [6.45, 7) is 6.10. The van der Waals surface area contributed by atoms with Gasteiger partial charge in [0.25, 0.3) is 5.91 Å². The van der Waals surface area contributed by atoms with E-state index in [4.69, 9.17) is 4.74 Å². The van der Waals surface area contributed by atoms with Crippen molar-refractivity contribution in [1.29, 1.82) is 0 Å². The predicted molar refractivity (Wildman–Crippen MR) is 155 cm³/mol. The second kappa shape index (κ2) is 16.8. The maximum Gasteiger partial charge on any atom is 0.309 e. The number of hydrogen-bond donors (Lipinski definition) is 0. The zero-order valence-corrected chi connectivity index (χ0v) is 24.9. The molecule has 10 nitrogen and oxygen atoms in total. The summed E-state index contributed by atoms with van der Waals surface area (Å²) in [5.41, 5.74) is 0.299. The third-order valence-electron chi connectivity index (χ3n) is 6.93. The Labute approximate surface area is 248 Å². The minimum Gasteiger partial charge on any atom is -0.455 e. The highest BCUT2D eigenvalue weighted by Crippen LogP contribution is 2.39. The number of hydrazine groups is 1. The normalized spacial score (nSPS) is 14.2. The van der Waals surface area contributed by atoms with Crippen molar-refractivity contribution in [3.63, 3.8) is 0 Å². The molecule has 0 N–H and O–H groups in total. The Balaban J connectivity index is 0.00000400. The number of carbonyl (C=O) groups is 4. The third kappa shape index (κ3) is 8.63. The van der Waals surface area contributed by atoms with Crippen LogP contribution in [0.1, 0.15) is 64.0 Å². The number of aryl methyl sites for hydroxylation is 1. The maximum absolute atomic E-state index is 13.4. The average Bonchev–Trinajstić information content (AvgIpc) is 2.93. The number of aromatic nitrogens is 2. The Kier molecular flexibility index (Phi) is 14.6. The Morgan fingerprint density at radius 1 is 1.02 bits per heavy atom. The number of hydrogen-bond acceptors (Lipinski definition) is 7. The van der Waals surface area contributed by atoms with E-state index in [1.807, 2.05) is 26.0 Å². The van der Waals surface area contributed by atoms with Crippen LogP contribution in [0.2, 0.25) is 0 Å². The molecule has 3 amide bonds. The van der Waals surface area contributed by atoms with E-state index in [9.17, 15) is 19.2 Å². The highest BCUT2D eigenvalue weighted by Gasteiger charge is 2.47. The lowest BCUT2D eigenvalue weighted by molar-refractivity contribution is -0.187. The molecule has 12 heteroatoms. The molecule has 2 aromatic rings. The van der Waals surface area contributed by atoms with Gasteiger partial charge in [-0.15, -0.1) is 24.8 Å². The number of rotatable bonds is 12. The fourth-order valence-electron chi connectivity index (χ4n) is 4.98. The number of amides is 3. The van der Waals surface area contributed by atoms with Crippen LogP contribution in [0.15, 0.2) is 49.1 Å². The predicted octanol–water partition coefficient (Wildman–Crippen LogP) is 3.73. The Hall–Kier alpha value is -3.24. The Morgan fingerprint density at radius 3 is 2.30 bits per heavy atom. The molecule has 1 atom stereocenters. The standard InChI is InChI=1S/C28H37N5O5.2ClH/c1-4-31(5-2)26(36)21-38-27(37)19-28(24-9-8-15-30-20-24,14-11-23-12-16-29-17-13-23)33(22(3)34)32-18-7-6-10-25(32)35;;/h8-9,12-13,15-17,20H,4-7,10-11,14,18-19,21H2,1-3H3;2*1H/t28-;;/m0../s1. The van der Waals surface area contributed by atoms with Gasteiger partial charge in [0.1, 0.15) is 5.54 Å². The molecule has 3 heterocycles. The van der Waals surface area contributed by atoms with Gasteiger partial charge in [-0.1, -0.05) is 6.07 Å². The number of esters is 1. The van der Waals surface area contributed by atoms with Crippen LogP contribution in [-0.2, 0) is 35.9 Å². The third-order valence-corrected chi connectivity index (χ3v) is 6.93. The van der Waals surface area contributed by atoms with E-state index >= 15 is 0 Å². The zero-order valence-electron chi connectivity index (χ0n) is 23.3. The second-order valence-corrected chi connectivity index (χ2v) is 9.34. The summed E-state index contributed by atoms with van der Waals surface area (Å²) in [7, 11) is 0. The molecule has 0 spiro atoms. The molecule has 1 saturated heterocycles. The molecular weight excluding hydrogens is 557 g/mol. The van der Waals surface area contributed by atoms with Crippen LogP contribution in [-0.4, -0.2) is 74.8 Å². The number of piperidine rings is 1. The van der Waals surface area contributed by atoms with E-state index in [0.717, 1.165) is 18.4 Å². The van der Waals surface area contributed by atoms with Gasteiger partial charge in [0, 0.05) is 57.8 Å². The molecule has 0 aliphatic carbocycles. The molecule has 0 aromatic carbocycles. The average molecular weight is 597 g/mol. The first-order valence-electron chi connectivity index (χ1n) is 13.2. The summed E-state index contributed by atoms with van der Waals surface area (Å²) >= 11 is 0. The topological polar surface area (TPSA) is 113 Å². The van der Waals surface area contributed by atoms with E-state index in [2.05, 4.69) is 9.97 Å². The van der Waals surface area contributed by atoms with Gasteiger partial charge in [-0.3, -0.25) is 34.2 Å². The summed E-state index contributed by atoms with van der Waals surface area (Å²) < 4.78 is 5.46. The van der Waals surface area contributed by atoms with Crippen LogP contribution in [0.5, 0.6) is 0 Å². The van der Waals surface area contributed by atoms with Gasteiger partial charge >= 0.3 is 5.97 Å². The lowest BCUT2D eigenvalue weighted by Gasteiger charge is -2.49. The number of carbonyl (C=O) groups excluding carboxylic acids is 4. The van der Waals surface area contributed by atoms with E-state index in [-0.39, 0.29) is 49.0 Å². The SMILES string of the molecule is CCN(CC)C(=O)COC(=O)C[C@@](CCc1ccncc1)(c1cccnc1)N(C(C)=O)N1CCCCC1=O.Cl.Cl. The van der Waals surface area contributed by atoms with Crippen LogP contribution in [0.4, 0.5) is 0 Å². The minimum absolute atomic E-state index is 0. The van der Waals surface area contributed by atoms with Gasteiger partial charge in [0.2, 0.25) is 11.8 Å². The molecule has 40 heavy (non-hydrogen) atoms. The number of ether oxygens (including phenoxy) is 1. The second-order valence-electron chi connectivity index (χ2n) is 9.34. The van der Waals surface area contributed by atoms with Crippen LogP contribution in [0.3, 0.4) is 0 Å². The summed E-state index contributed by atoms with van der Waals surface area (Å²) in [5.74, 6) is -1.47. The molecule has 0 saturated carbocycles. The van der Waals surface area contributed by atoms with E-state index in [1.165, 1.54) is 16.9 Å². The number of likely N-dealkylation sites (N-methyl/N-ethyl adjacent to an activating group) is 1. The number of halogens is 2. The molecule has 0 bridgehead atoms. The first kappa shape index (κ1) is 34.8. The first-order valence-corrected chi connectivity index (χ1v) is 13.2. The Bertz CT molecular complexity index is 1100. The summed E-state index contributed by atoms with van der Waals surface area (Å²) in [6.07, 6.45) is 8.96. The summed E-state index contributed by atoms with van der Waals surface area (Å²) in [5, 5.41) is 2.90. The molecule has 2 aromatic heterocycles. The molecule has 1 fully saturated rings. The molecule has 1 aliphatic rings. The van der Waals surface area contributed by atoms with Crippen molar-refractivity contribution >= 4 is 48.5 Å². The monoisotopic (exact) mass is 595 g/mol. The fourth-order valence-corrected chi connectivity index (χ4v) is 4.98. The lowest BCUT2D eigenvalue weighted by Crippen LogP contribution is -2.61. The van der Waals surface area contributed by atoms with Gasteiger partial charge in [-0.2, -0.15) is 0 Å². The maximum atomic E-state index is 13.4. The lowest BCUT2D eigenvalue weighted by atomic mass is 9.81. The Morgan fingerprint density at radius 2 is 1.73 bits per heavy atom. The summed E-state index contributed by atoms with van der Waals surface area (Å²) in [4.78, 5) is 62.2. The van der Waals surface area contributed by atoms with Gasteiger partial charge in [0.05, 0.1) is 6.42 Å². The van der Waals surface area contributed by atoms with Crippen molar-refractivity contribution in [2.45, 2.75) is 64.8 Å². The smallest absolute Gasteiger partial charge is 0.309 e. The van der Waals surface area contributed by atoms with Gasteiger partial charge in [-0.25, -0.2) is 5.01 Å². The van der Waals surface area contributed by atoms with Crippen molar-refractivity contribution in [1.82, 2.24) is 24.9 Å². The molecule has 0 unspecified atom stereocenters. The van der Waals surface area contributed by atoms with Gasteiger partial charge in [0.15, 0.2) is 6.61 Å². The van der Waals surface area contributed by atoms with Crippen molar-refractivity contribution in [2.75, 3.05) is 26.2 Å². The minimum atomic E-state index is -1.27. The molecule has 220 valence electrons. The van der Waals surface area contributed by atoms with Crippen molar-refractivity contribution in [3.05, 3.63) is 60.2 Å². The van der Waals surface area contributed by atoms with Crippen LogP contribution >= 0.6 is 24.8 Å².